The summed E-state index contributed by atoms with van der Waals surface area (Å²) in [6.07, 6.45) is 4.42. The second-order valence-corrected chi connectivity index (χ2v) is 17.2. The van der Waals surface area contributed by atoms with E-state index in [2.05, 4.69) is 61.7 Å². The summed E-state index contributed by atoms with van der Waals surface area (Å²) >= 11 is 5.01. The molecule has 0 saturated heterocycles. The Bertz CT molecular complexity index is 3430. The molecule has 4 heterocycles. The minimum Gasteiger partial charge on any atom is -0.493 e. The second-order valence-electron chi connectivity index (χ2n) is 14.0. The van der Waals surface area contributed by atoms with E-state index < -0.39 is 17.9 Å². The van der Waals surface area contributed by atoms with Crippen molar-refractivity contribution in [1.29, 1.82) is 0 Å². The summed E-state index contributed by atoms with van der Waals surface area (Å²) in [5, 5.41) is 11.5. The number of thiazole rings is 2. The van der Waals surface area contributed by atoms with Crippen LogP contribution in [0.25, 0.3) is 53.3 Å². The van der Waals surface area contributed by atoms with E-state index in [4.69, 9.17) is 18.9 Å². The van der Waals surface area contributed by atoms with Gasteiger partial charge in [0.05, 0.1) is 64.1 Å². The number of carbonyl (C=O) groups excluding carboxylic acids is 3. The molecule has 2 N–H and O–H groups in total. The molecule has 5 aromatic carbocycles. The first-order chi connectivity index (χ1) is 31.6. The van der Waals surface area contributed by atoms with Crippen LogP contribution in [0.3, 0.4) is 0 Å². The smallest absolute Gasteiger partial charge is 0.344 e. The molecule has 65 heavy (non-hydrogen) atoms. The number of benzene rings is 5. The van der Waals surface area contributed by atoms with Gasteiger partial charge in [0.1, 0.15) is 50.3 Å². The number of hydrazone groups is 2. The molecule has 0 spiro atoms. The zero-order valence-electron chi connectivity index (χ0n) is 34.2. The molecule has 324 valence electrons. The Hall–Kier alpha value is -7.59. The van der Waals surface area contributed by atoms with Crippen molar-refractivity contribution >= 4 is 140 Å². The quantitative estimate of drug-likeness (QED) is 0.0230. The number of nitrogens with zero attached hydrogens (tertiary/aromatic N) is 8. The summed E-state index contributed by atoms with van der Waals surface area (Å²) in [6, 6.07) is 19.5. The molecule has 9 aromatic rings. The summed E-state index contributed by atoms with van der Waals surface area (Å²) in [4.78, 5) is 47.6. The van der Waals surface area contributed by atoms with Gasteiger partial charge >= 0.3 is 17.9 Å². The number of aryl methyl sites for hydroxylation is 1. The molecule has 21 heteroatoms. The average Bonchev–Trinajstić information content (AvgIpc) is 4.13. The molecule has 0 saturated carbocycles. The Morgan fingerprint density at radius 2 is 1.40 bits per heavy atom. The maximum atomic E-state index is 14.4. The molecular weight excluding hydrogens is 909 g/mol. The molecule has 0 radical (unpaired) electrons. The van der Waals surface area contributed by atoms with E-state index in [9.17, 15) is 14.4 Å². The standard InChI is InChI=1S/C44H32N10O7S4/c1-5-36(55)59-16-6-15-58-33-19-25(20-45-49-43-47-39-34(62-43)13-10-30-37(39)53-64-51-30)29(18-26(33)21-46-50-44-48-40-35(63-44)14-11-31-38(40)54-65-52-31)42(57)61-32-12-7-24-17-27(60-41(56)22(2)3)8-9-28(24)23(32)4/h5,7-14,17-21H,1-2,6,15-16H2,3-4H3,(H,47,49)(H,48,50)/b45-20+,46-21+. The molecule has 0 unspecified atom stereocenters. The lowest BCUT2D eigenvalue weighted by Gasteiger charge is -2.15. The minimum absolute atomic E-state index is 0.0926. The van der Waals surface area contributed by atoms with E-state index >= 15 is 0 Å². The van der Waals surface area contributed by atoms with Crippen molar-refractivity contribution in [3.05, 3.63) is 114 Å². The van der Waals surface area contributed by atoms with Gasteiger partial charge in [-0.25, -0.2) is 24.4 Å². The van der Waals surface area contributed by atoms with E-state index in [-0.39, 0.29) is 24.4 Å². The van der Waals surface area contributed by atoms with Crippen molar-refractivity contribution in [1.82, 2.24) is 27.5 Å². The number of aromatic nitrogens is 6. The number of ether oxygens (including phenoxy) is 4. The van der Waals surface area contributed by atoms with Gasteiger partial charge in [-0.2, -0.15) is 27.7 Å². The molecular formula is C44H32N10O7S4. The van der Waals surface area contributed by atoms with Crippen LogP contribution in [0.15, 0.2) is 102 Å². The molecule has 17 nitrogen and oxygen atoms in total. The van der Waals surface area contributed by atoms with Crippen LogP contribution >= 0.6 is 46.1 Å². The molecule has 0 atom stereocenters. The Morgan fingerprint density at radius 3 is 2.05 bits per heavy atom. The fraction of sp³-hybridized carbons (Fsp3) is 0.114. The monoisotopic (exact) mass is 940 g/mol. The predicted molar refractivity (Wildman–Crippen MR) is 255 cm³/mol. The van der Waals surface area contributed by atoms with E-state index in [1.54, 1.807) is 49.4 Å². The highest BCUT2D eigenvalue weighted by Crippen LogP contribution is 2.34. The number of fused-ring (bicyclic) bond motifs is 7. The molecule has 9 rings (SSSR count). The molecule has 0 aliphatic heterocycles. The SMILES string of the molecule is C=CC(=O)OCCCOc1cc(/C=N/Nc2nc3c(ccc4nsnc43)s2)c(C(=O)Oc2ccc3cc(OC(=O)C(=C)C)ccc3c2C)cc1/C=N/Nc1nc2c(ccc3nsnc32)s1. The molecule has 0 aliphatic carbocycles. The summed E-state index contributed by atoms with van der Waals surface area (Å²) in [5.74, 6) is -0.779. The highest BCUT2D eigenvalue weighted by Gasteiger charge is 2.20. The minimum atomic E-state index is -0.697. The van der Waals surface area contributed by atoms with Gasteiger partial charge in [-0.3, -0.25) is 10.9 Å². The van der Waals surface area contributed by atoms with Crippen molar-refractivity contribution in [2.75, 3.05) is 24.1 Å². The largest absolute Gasteiger partial charge is 0.493 e. The lowest BCUT2D eigenvalue weighted by atomic mass is 10.0. The third-order valence-electron chi connectivity index (χ3n) is 9.63. The highest BCUT2D eigenvalue weighted by atomic mass is 32.1. The molecule has 4 aromatic heterocycles. The maximum absolute atomic E-state index is 14.4. The summed E-state index contributed by atoms with van der Waals surface area (Å²) in [6.45, 7) is 10.7. The third kappa shape index (κ3) is 9.24. The molecule has 0 bridgehead atoms. The molecule has 0 amide bonds. The summed E-state index contributed by atoms with van der Waals surface area (Å²) in [7, 11) is 0. The van der Waals surface area contributed by atoms with Crippen molar-refractivity contribution < 1.29 is 33.3 Å². The number of carbonyl (C=O) groups is 3. The van der Waals surface area contributed by atoms with Crippen LogP contribution < -0.4 is 25.1 Å². The van der Waals surface area contributed by atoms with Crippen molar-refractivity contribution in [3.8, 4) is 17.2 Å². The van der Waals surface area contributed by atoms with E-state index in [0.29, 0.717) is 72.7 Å². The van der Waals surface area contributed by atoms with Gasteiger partial charge in [0.2, 0.25) is 10.3 Å². The lowest BCUT2D eigenvalue weighted by Crippen LogP contribution is -2.14. The normalized spacial score (nSPS) is 11.6. The topological polar surface area (TPSA) is 214 Å². The van der Waals surface area contributed by atoms with Gasteiger partial charge in [-0.05, 0) is 84.8 Å². The van der Waals surface area contributed by atoms with Crippen LogP contribution in [0.1, 0.15) is 40.4 Å². The van der Waals surface area contributed by atoms with Gasteiger partial charge in [0, 0.05) is 29.2 Å². The van der Waals surface area contributed by atoms with Crippen LogP contribution in [0, 0.1) is 6.92 Å². The molecule has 0 aliphatic rings. The first kappa shape index (κ1) is 42.7. The Balaban J connectivity index is 1.05. The van der Waals surface area contributed by atoms with Crippen molar-refractivity contribution in [2.45, 2.75) is 20.3 Å². The van der Waals surface area contributed by atoms with Crippen molar-refractivity contribution in [2.24, 2.45) is 10.2 Å². The number of rotatable bonds is 16. The first-order valence-electron chi connectivity index (χ1n) is 19.5. The second kappa shape index (κ2) is 18.6. The van der Waals surface area contributed by atoms with Gasteiger partial charge < -0.3 is 18.9 Å². The number of hydrogen-bond donors (Lipinski definition) is 2. The lowest BCUT2D eigenvalue weighted by molar-refractivity contribution is -0.138. The zero-order valence-corrected chi connectivity index (χ0v) is 37.5. The Kier molecular flexibility index (Phi) is 12.2. The predicted octanol–water partition coefficient (Wildman–Crippen LogP) is 9.47. The van der Waals surface area contributed by atoms with E-state index in [1.807, 2.05) is 31.2 Å². The van der Waals surface area contributed by atoms with Gasteiger partial charge in [0.25, 0.3) is 0 Å². The van der Waals surface area contributed by atoms with E-state index in [1.165, 1.54) is 35.1 Å². The van der Waals surface area contributed by atoms with Crippen LogP contribution in [-0.4, -0.2) is 71.0 Å². The fourth-order valence-corrected chi connectivity index (χ4v) is 9.16. The van der Waals surface area contributed by atoms with Crippen LogP contribution in [0.4, 0.5) is 10.3 Å². The van der Waals surface area contributed by atoms with Crippen LogP contribution in [0.5, 0.6) is 17.2 Å². The third-order valence-corrected chi connectivity index (χ3v) is 12.6. The molecule has 0 fully saturated rings. The van der Waals surface area contributed by atoms with Gasteiger partial charge in [0.15, 0.2) is 0 Å². The van der Waals surface area contributed by atoms with Crippen LogP contribution in [-0.2, 0) is 14.3 Å². The number of hydrogen-bond acceptors (Lipinski definition) is 21. The zero-order chi connectivity index (χ0) is 45.0. The van der Waals surface area contributed by atoms with Crippen molar-refractivity contribution in [3.63, 3.8) is 0 Å². The number of nitrogens with one attached hydrogen (secondary N) is 2. The Labute approximate surface area is 384 Å². The number of anilines is 2. The summed E-state index contributed by atoms with van der Waals surface area (Å²) < 4.78 is 42.1. The van der Waals surface area contributed by atoms with Crippen LogP contribution in [0.2, 0.25) is 0 Å². The van der Waals surface area contributed by atoms with Gasteiger partial charge in [-0.15, -0.1) is 0 Å². The number of esters is 3. The Morgan fingerprint density at radius 1 is 0.738 bits per heavy atom. The maximum Gasteiger partial charge on any atom is 0.344 e. The average molecular weight is 941 g/mol. The van der Waals surface area contributed by atoms with E-state index in [0.717, 1.165) is 60.7 Å². The van der Waals surface area contributed by atoms with Gasteiger partial charge in [-0.1, -0.05) is 48.0 Å². The highest BCUT2D eigenvalue weighted by molar-refractivity contribution is 7.22. The first-order valence-corrected chi connectivity index (χ1v) is 22.6. The summed E-state index contributed by atoms with van der Waals surface area (Å²) in [5.41, 5.74) is 12.1. The fourth-order valence-electron chi connectivity index (χ4n) is 6.45.